The van der Waals surface area contributed by atoms with Gasteiger partial charge in [-0.1, -0.05) is 41.2 Å². The number of aromatic amines is 1. The maximum Gasteiger partial charge on any atom is 0.200 e. The van der Waals surface area contributed by atoms with E-state index < -0.39 is 0 Å². The highest BCUT2D eigenvalue weighted by Crippen LogP contribution is 2.48. The molecule has 0 unspecified atom stereocenters. The van der Waals surface area contributed by atoms with Crippen LogP contribution < -0.4 is 15.0 Å². The third-order valence-corrected chi connectivity index (χ3v) is 11.8. The summed E-state index contributed by atoms with van der Waals surface area (Å²) >= 11 is 11.2. The average molecular weight is 876 g/mol. The number of phenols is 4. The van der Waals surface area contributed by atoms with E-state index in [1.807, 2.05) is 73.8 Å². The van der Waals surface area contributed by atoms with E-state index in [-0.39, 0.29) is 23.0 Å². The second kappa shape index (κ2) is 19.2. The molecular weight excluding hydrogens is 819 g/mol. The van der Waals surface area contributed by atoms with Crippen LogP contribution in [0, 0.1) is 4.77 Å². The van der Waals surface area contributed by atoms with Crippen molar-refractivity contribution in [3.05, 3.63) is 107 Å². The van der Waals surface area contributed by atoms with Gasteiger partial charge in [0.2, 0.25) is 0 Å². The number of nitrogens with one attached hydrogen (secondary N) is 2. The summed E-state index contributed by atoms with van der Waals surface area (Å²) in [5, 5.41) is 54.4. The number of ether oxygens (including phenoxy) is 1. The highest BCUT2D eigenvalue weighted by molar-refractivity contribution is 7.80. The maximum absolute atomic E-state index is 10.6. The van der Waals surface area contributed by atoms with E-state index in [2.05, 4.69) is 63.4 Å². The smallest absolute Gasteiger partial charge is 0.200 e. The molecule has 0 radical (unpaired) electrons. The van der Waals surface area contributed by atoms with Crippen LogP contribution in [-0.4, -0.2) is 63.6 Å². The minimum atomic E-state index is -0.0383. The molecule has 326 valence electrons. The molecular formula is C48H57N7O5S2. The Morgan fingerprint density at radius 3 is 2.27 bits per heavy atom. The zero-order valence-electron chi connectivity index (χ0n) is 36.7. The molecule has 0 spiro atoms. The number of benzene rings is 4. The number of methoxy groups -OCH3 is 1. The van der Waals surface area contributed by atoms with Gasteiger partial charge in [0.05, 0.1) is 29.6 Å². The van der Waals surface area contributed by atoms with Crippen LogP contribution in [0.4, 0.5) is 5.69 Å². The van der Waals surface area contributed by atoms with Crippen LogP contribution in [0.2, 0.25) is 0 Å². The Morgan fingerprint density at radius 2 is 1.63 bits per heavy atom. The molecule has 4 aromatic carbocycles. The van der Waals surface area contributed by atoms with Crippen LogP contribution in [0.3, 0.4) is 0 Å². The number of fused-ring (bicyclic) bond motifs is 2. The summed E-state index contributed by atoms with van der Waals surface area (Å²) < 4.78 is 12.2. The molecule has 14 heteroatoms. The molecule has 1 fully saturated rings. The Balaban J connectivity index is 0.000000200. The first kappa shape index (κ1) is 45.3. The van der Waals surface area contributed by atoms with Crippen LogP contribution in [-0.2, 0) is 26.4 Å². The number of nitrogens with zero attached hydrogens (tertiary/aromatic N) is 5. The lowest BCUT2D eigenvalue weighted by atomic mass is 10.0. The maximum atomic E-state index is 10.6. The predicted octanol–water partition coefficient (Wildman–Crippen LogP) is 11.0. The molecule has 6 N–H and O–H groups in total. The van der Waals surface area contributed by atoms with Gasteiger partial charge >= 0.3 is 0 Å². The van der Waals surface area contributed by atoms with Gasteiger partial charge in [0, 0.05) is 72.7 Å². The molecule has 0 bridgehead atoms. The Bertz CT molecular complexity index is 2830. The number of anilines is 1. The van der Waals surface area contributed by atoms with Gasteiger partial charge in [0.1, 0.15) is 28.7 Å². The molecule has 0 aliphatic heterocycles. The fourth-order valence-electron chi connectivity index (χ4n) is 7.91. The fourth-order valence-corrected chi connectivity index (χ4v) is 8.35. The molecule has 0 saturated heterocycles. The third kappa shape index (κ3) is 8.62. The van der Waals surface area contributed by atoms with Gasteiger partial charge in [-0.2, -0.15) is 5.10 Å². The van der Waals surface area contributed by atoms with Crippen molar-refractivity contribution in [1.29, 1.82) is 0 Å². The lowest BCUT2D eigenvalue weighted by molar-refractivity contribution is 0.417. The highest BCUT2D eigenvalue weighted by atomic mass is 32.1. The van der Waals surface area contributed by atoms with E-state index in [0.29, 0.717) is 44.9 Å². The van der Waals surface area contributed by atoms with E-state index in [1.165, 1.54) is 17.7 Å². The van der Waals surface area contributed by atoms with Gasteiger partial charge in [-0.25, -0.2) is 0 Å². The number of aromatic nitrogens is 5. The molecule has 0 amide bonds. The summed E-state index contributed by atoms with van der Waals surface area (Å²) in [7, 11) is 5.46. The summed E-state index contributed by atoms with van der Waals surface area (Å²) in [6, 6.07) is 18.4. The van der Waals surface area contributed by atoms with Crippen molar-refractivity contribution < 1.29 is 25.2 Å². The van der Waals surface area contributed by atoms with E-state index in [4.69, 9.17) is 29.2 Å². The largest absolute Gasteiger partial charge is 0.508 e. The number of phenolic OH excluding ortho intramolecular Hbond substituents is 4. The fraction of sp³-hybridized carbons (Fsp3) is 0.312. The Hall–Kier alpha value is -6.25. The van der Waals surface area contributed by atoms with E-state index in [1.54, 1.807) is 20.2 Å². The van der Waals surface area contributed by atoms with Gasteiger partial charge in [0.15, 0.2) is 15.7 Å². The SMILES string of the molecule is C=C(c1cc(CC)c(O)cc1O)N(C(=S)NC)c1ccc2c(c1)c(CC)cn2C.CC.CCCn1ccc2c(-n3c(-c4cc(C5CC5)c(O)cc4O)n[nH]c3=S)ccc(OC)c21. The third-order valence-electron chi connectivity index (χ3n) is 11.1. The van der Waals surface area contributed by atoms with Gasteiger partial charge in [0.25, 0.3) is 0 Å². The second-order valence-corrected chi connectivity index (χ2v) is 15.7. The first-order valence-corrected chi connectivity index (χ1v) is 21.9. The summed E-state index contributed by atoms with van der Waals surface area (Å²) in [6.07, 6.45) is 8.83. The van der Waals surface area contributed by atoms with Crippen LogP contribution in [0.25, 0.3) is 44.6 Å². The van der Waals surface area contributed by atoms with Gasteiger partial charge in [-0.05, 0) is 128 Å². The lowest BCUT2D eigenvalue weighted by Gasteiger charge is -2.28. The number of aryl methyl sites for hydroxylation is 4. The number of hydrogen-bond acceptors (Lipinski definition) is 8. The zero-order chi connectivity index (χ0) is 45.0. The predicted molar refractivity (Wildman–Crippen MR) is 258 cm³/mol. The molecule has 3 heterocycles. The topological polar surface area (TPSA) is 149 Å². The standard InChI is InChI=1S/C23H24N4O3S.C23H27N3O2S.C2H6/c1-3-9-26-10-8-14-17(6-7-20(30-2)21(14)26)27-22(24-25-23(27)31)16-11-15(13-4-5-13)18(28)12-19(16)29;1-6-15-10-18(22(28)12-21(15)27)14(3)26(23(29)24-4)17-8-9-20-19(11-17)16(7-2)13-25(20)5;1-2/h6-8,10-13,28-29H,3-5,9H2,1-2H3,(H,25,31);8-13,27-28H,3,6-7H2,1-2,4-5H3,(H,24,29);1-2H3. The molecule has 7 aromatic rings. The van der Waals surface area contributed by atoms with Crippen molar-refractivity contribution in [2.24, 2.45) is 7.05 Å². The lowest BCUT2D eigenvalue weighted by Crippen LogP contribution is -2.36. The molecule has 62 heavy (non-hydrogen) atoms. The van der Waals surface area contributed by atoms with Crippen molar-refractivity contribution >= 4 is 62.7 Å². The van der Waals surface area contributed by atoms with E-state index in [0.717, 1.165) is 82.3 Å². The number of thiocarbonyl (C=S) groups is 1. The monoisotopic (exact) mass is 875 g/mol. The van der Waals surface area contributed by atoms with Crippen molar-refractivity contribution in [2.75, 3.05) is 19.1 Å². The second-order valence-electron chi connectivity index (χ2n) is 15.0. The normalized spacial score (nSPS) is 12.1. The van der Waals surface area contributed by atoms with Crippen molar-refractivity contribution in [3.63, 3.8) is 0 Å². The van der Waals surface area contributed by atoms with Crippen LogP contribution in [0.5, 0.6) is 28.7 Å². The number of aromatic hydroxyl groups is 4. The molecule has 3 aromatic heterocycles. The Morgan fingerprint density at radius 1 is 0.919 bits per heavy atom. The number of rotatable bonds is 11. The van der Waals surface area contributed by atoms with Crippen molar-refractivity contribution in [3.8, 4) is 45.8 Å². The molecule has 0 atom stereocenters. The first-order valence-electron chi connectivity index (χ1n) is 21.1. The van der Waals surface area contributed by atoms with Crippen LogP contribution >= 0.6 is 24.4 Å². The first-order chi connectivity index (χ1) is 29.8. The van der Waals surface area contributed by atoms with Gasteiger partial charge in [-0.15, -0.1) is 0 Å². The molecule has 1 saturated carbocycles. The minimum Gasteiger partial charge on any atom is -0.508 e. The Kier molecular flexibility index (Phi) is 14.0. The van der Waals surface area contributed by atoms with Gasteiger partial charge < -0.3 is 39.6 Å². The van der Waals surface area contributed by atoms with E-state index >= 15 is 0 Å². The van der Waals surface area contributed by atoms with Crippen molar-refractivity contribution in [2.45, 2.75) is 79.2 Å². The molecule has 12 nitrogen and oxygen atoms in total. The minimum absolute atomic E-state index is 0.0366. The zero-order valence-corrected chi connectivity index (χ0v) is 38.3. The summed E-state index contributed by atoms with van der Waals surface area (Å²) in [6.45, 7) is 15.3. The highest BCUT2D eigenvalue weighted by Gasteiger charge is 2.29. The molecule has 1 aliphatic carbocycles. The summed E-state index contributed by atoms with van der Waals surface area (Å²) in [4.78, 5) is 1.81. The van der Waals surface area contributed by atoms with Crippen LogP contribution in [0.15, 0.2) is 79.6 Å². The quantitative estimate of drug-likeness (QED) is 0.0694. The molecule has 1 aliphatic rings. The van der Waals surface area contributed by atoms with Crippen LogP contribution in [0.1, 0.15) is 82.1 Å². The van der Waals surface area contributed by atoms with Gasteiger partial charge in [-0.3, -0.25) is 14.6 Å². The van der Waals surface area contributed by atoms with E-state index in [9.17, 15) is 20.4 Å². The summed E-state index contributed by atoms with van der Waals surface area (Å²) in [5.41, 5.74) is 8.26. The number of hydrogen-bond donors (Lipinski definition) is 6. The average Bonchev–Trinajstić information content (AvgIpc) is 3.80. The van der Waals surface area contributed by atoms with Crippen molar-refractivity contribution in [1.82, 2.24) is 29.2 Å². The number of H-pyrrole nitrogens is 1. The summed E-state index contributed by atoms with van der Waals surface area (Å²) in [5.74, 6) is 1.73. The Labute approximate surface area is 373 Å². The molecule has 8 rings (SSSR count).